The summed E-state index contributed by atoms with van der Waals surface area (Å²) >= 11 is 0. The smallest absolute Gasteiger partial charge is 0.303 e. The number of ketones is 1. The van der Waals surface area contributed by atoms with Crippen molar-refractivity contribution in [2.45, 2.75) is 142 Å². The molecule has 0 aromatic carbocycles. The van der Waals surface area contributed by atoms with E-state index in [1.165, 1.54) is 70.6 Å². The van der Waals surface area contributed by atoms with Gasteiger partial charge in [-0.15, -0.1) is 0 Å². The number of hydrogen-bond donors (Lipinski definition) is 1. The third-order valence-electron chi connectivity index (χ3n) is 5.75. The number of aliphatic carboxylic acids is 1. The molecule has 31 heavy (non-hydrogen) atoms. The van der Waals surface area contributed by atoms with Crippen molar-refractivity contribution in [3.8, 4) is 0 Å². The molecule has 1 N–H and O–H groups in total. The van der Waals surface area contributed by atoms with Gasteiger partial charge in [0.1, 0.15) is 5.78 Å². The second kappa shape index (κ2) is 24.9. The van der Waals surface area contributed by atoms with Gasteiger partial charge in [0, 0.05) is 19.3 Å². The number of carbonyl (C=O) groups excluding carboxylic acids is 1. The van der Waals surface area contributed by atoms with Gasteiger partial charge < -0.3 is 5.11 Å². The molecule has 0 rings (SSSR count). The SMILES string of the molecule is CCCCC/C=C\C/C=C\CCCCCCCCCC(=O)CCCCCCCC(=O)O. The standard InChI is InChI=1S/C28H50O3/c1-2-3-4-5-6-7-8-9-10-11-12-13-14-15-16-18-21-24-27(29)25-22-19-17-20-23-26-28(30)31/h6-7,9-10H,2-5,8,11-26H2,1H3,(H,30,31)/b7-6-,10-9-. The van der Waals surface area contributed by atoms with Crippen LogP contribution in [0.3, 0.4) is 0 Å². The fourth-order valence-corrected chi connectivity index (χ4v) is 3.74. The molecule has 0 aliphatic carbocycles. The Morgan fingerprint density at radius 1 is 0.548 bits per heavy atom. The lowest BCUT2D eigenvalue weighted by Gasteiger charge is -2.03. The lowest BCUT2D eigenvalue weighted by molar-refractivity contribution is -0.137. The molecule has 180 valence electrons. The van der Waals surface area contributed by atoms with E-state index in [2.05, 4.69) is 31.2 Å². The normalized spacial score (nSPS) is 11.6. The molecule has 0 radical (unpaired) electrons. The van der Waals surface area contributed by atoms with E-state index in [0.717, 1.165) is 51.4 Å². The Morgan fingerprint density at radius 2 is 0.968 bits per heavy atom. The summed E-state index contributed by atoms with van der Waals surface area (Å²) in [5, 5.41) is 8.58. The molecule has 0 saturated carbocycles. The van der Waals surface area contributed by atoms with E-state index < -0.39 is 5.97 Å². The average molecular weight is 435 g/mol. The van der Waals surface area contributed by atoms with Gasteiger partial charge in [-0.05, 0) is 51.4 Å². The van der Waals surface area contributed by atoms with Crippen LogP contribution >= 0.6 is 0 Å². The summed E-state index contributed by atoms with van der Waals surface area (Å²) in [6, 6.07) is 0. The predicted molar refractivity (Wildman–Crippen MR) is 134 cm³/mol. The summed E-state index contributed by atoms with van der Waals surface area (Å²) in [5.74, 6) is -0.299. The van der Waals surface area contributed by atoms with Crippen molar-refractivity contribution in [1.29, 1.82) is 0 Å². The highest BCUT2D eigenvalue weighted by Crippen LogP contribution is 2.13. The highest BCUT2D eigenvalue weighted by Gasteiger charge is 2.02. The molecule has 0 aromatic rings. The Hall–Kier alpha value is -1.38. The molecule has 0 aliphatic rings. The third kappa shape index (κ3) is 26.6. The first-order valence-corrected chi connectivity index (χ1v) is 13.2. The Bertz CT molecular complexity index is 465. The van der Waals surface area contributed by atoms with Crippen LogP contribution in [0.5, 0.6) is 0 Å². The van der Waals surface area contributed by atoms with Gasteiger partial charge in [-0.25, -0.2) is 0 Å². The first-order valence-electron chi connectivity index (χ1n) is 13.2. The highest BCUT2D eigenvalue weighted by atomic mass is 16.4. The molecule has 3 heteroatoms. The van der Waals surface area contributed by atoms with Crippen LogP contribution in [0, 0.1) is 0 Å². The van der Waals surface area contributed by atoms with Crippen molar-refractivity contribution >= 4 is 11.8 Å². The number of allylic oxidation sites excluding steroid dienone is 4. The molecule has 0 fully saturated rings. The summed E-state index contributed by atoms with van der Waals surface area (Å²) in [5.41, 5.74) is 0. The summed E-state index contributed by atoms with van der Waals surface area (Å²) in [4.78, 5) is 22.3. The molecular weight excluding hydrogens is 384 g/mol. The van der Waals surface area contributed by atoms with Crippen LogP contribution in [0.2, 0.25) is 0 Å². The lowest BCUT2D eigenvalue weighted by atomic mass is 10.0. The molecule has 0 spiro atoms. The van der Waals surface area contributed by atoms with E-state index in [1.54, 1.807) is 0 Å². The van der Waals surface area contributed by atoms with E-state index in [4.69, 9.17) is 5.11 Å². The van der Waals surface area contributed by atoms with E-state index in [-0.39, 0.29) is 6.42 Å². The van der Waals surface area contributed by atoms with Crippen LogP contribution in [-0.4, -0.2) is 16.9 Å². The number of hydrogen-bond acceptors (Lipinski definition) is 2. The lowest BCUT2D eigenvalue weighted by Crippen LogP contribution is -1.98. The summed E-state index contributed by atoms with van der Waals surface area (Å²) < 4.78 is 0. The van der Waals surface area contributed by atoms with Crippen LogP contribution in [-0.2, 0) is 9.59 Å². The Kier molecular flexibility index (Phi) is 23.8. The maximum atomic E-state index is 11.9. The largest absolute Gasteiger partial charge is 0.481 e. The Labute approximate surface area is 192 Å². The third-order valence-corrected chi connectivity index (χ3v) is 5.75. The van der Waals surface area contributed by atoms with Gasteiger partial charge in [0.05, 0.1) is 0 Å². The number of Topliss-reactive ketones (excluding diaryl/α,β-unsaturated/α-hetero) is 1. The van der Waals surface area contributed by atoms with Gasteiger partial charge >= 0.3 is 5.97 Å². The Morgan fingerprint density at radius 3 is 1.45 bits per heavy atom. The molecule has 0 heterocycles. The second-order valence-corrected chi connectivity index (χ2v) is 8.89. The van der Waals surface area contributed by atoms with Gasteiger partial charge in [0.25, 0.3) is 0 Å². The molecule has 0 unspecified atom stereocenters. The number of carbonyl (C=O) groups is 2. The molecule has 0 amide bonds. The predicted octanol–water partition coefficient (Wildman–Crippen LogP) is 8.96. The van der Waals surface area contributed by atoms with Crippen molar-refractivity contribution in [3.05, 3.63) is 24.3 Å². The summed E-state index contributed by atoms with van der Waals surface area (Å²) in [6.07, 6.45) is 32.0. The molecule has 0 aromatic heterocycles. The average Bonchev–Trinajstić information content (AvgIpc) is 2.75. The monoisotopic (exact) mass is 434 g/mol. The van der Waals surface area contributed by atoms with Crippen molar-refractivity contribution in [2.75, 3.05) is 0 Å². The number of rotatable bonds is 24. The van der Waals surface area contributed by atoms with Crippen LogP contribution < -0.4 is 0 Å². The topological polar surface area (TPSA) is 54.4 Å². The molecule has 3 nitrogen and oxygen atoms in total. The zero-order valence-electron chi connectivity index (χ0n) is 20.4. The zero-order chi connectivity index (χ0) is 22.8. The van der Waals surface area contributed by atoms with Gasteiger partial charge in [-0.2, -0.15) is 0 Å². The summed E-state index contributed by atoms with van der Waals surface area (Å²) in [7, 11) is 0. The quantitative estimate of drug-likeness (QED) is 0.122. The molecule has 0 bridgehead atoms. The van der Waals surface area contributed by atoms with E-state index in [0.29, 0.717) is 12.2 Å². The van der Waals surface area contributed by atoms with Crippen molar-refractivity contribution in [2.24, 2.45) is 0 Å². The number of unbranched alkanes of at least 4 members (excludes halogenated alkanes) is 14. The number of carboxylic acids is 1. The van der Waals surface area contributed by atoms with Gasteiger partial charge in [-0.3, -0.25) is 9.59 Å². The van der Waals surface area contributed by atoms with Crippen LogP contribution in [0.15, 0.2) is 24.3 Å². The van der Waals surface area contributed by atoms with Gasteiger partial charge in [0.2, 0.25) is 0 Å². The van der Waals surface area contributed by atoms with Gasteiger partial charge in [-0.1, -0.05) is 95.4 Å². The van der Waals surface area contributed by atoms with E-state index in [1.807, 2.05) is 0 Å². The van der Waals surface area contributed by atoms with E-state index in [9.17, 15) is 9.59 Å². The summed E-state index contributed by atoms with van der Waals surface area (Å²) in [6.45, 7) is 2.25. The first kappa shape index (κ1) is 29.6. The fourth-order valence-electron chi connectivity index (χ4n) is 3.74. The van der Waals surface area contributed by atoms with Crippen LogP contribution in [0.4, 0.5) is 0 Å². The maximum Gasteiger partial charge on any atom is 0.303 e. The van der Waals surface area contributed by atoms with Crippen molar-refractivity contribution < 1.29 is 14.7 Å². The molecular formula is C28H50O3. The minimum absolute atomic E-state index is 0.271. The fraction of sp³-hybridized carbons (Fsp3) is 0.786. The highest BCUT2D eigenvalue weighted by molar-refractivity contribution is 5.78. The molecule has 0 atom stereocenters. The molecule has 0 saturated heterocycles. The molecule has 0 aliphatic heterocycles. The second-order valence-electron chi connectivity index (χ2n) is 8.89. The minimum atomic E-state index is -0.709. The van der Waals surface area contributed by atoms with Crippen LogP contribution in [0.1, 0.15) is 142 Å². The van der Waals surface area contributed by atoms with Crippen LogP contribution in [0.25, 0.3) is 0 Å². The first-order chi connectivity index (χ1) is 15.2. The minimum Gasteiger partial charge on any atom is -0.481 e. The van der Waals surface area contributed by atoms with Crippen molar-refractivity contribution in [1.82, 2.24) is 0 Å². The number of carboxylic acid groups (broad SMARTS) is 1. The van der Waals surface area contributed by atoms with Gasteiger partial charge in [0.15, 0.2) is 0 Å². The maximum absolute atomic E-state index is 11.9. The Balaban J connectivity index is 3.25. The zero-order valence-corrected chi connectivity index (χ0v) is 20.4. The van der Waals surface area contributed by atoms with Crippen molar-refractivity contribution in [3.63, 3.8) is 0 Å². The van der Waals surface area contributed by atoms with E-state index >= 15 is 0 Å².